The van der Waals surface area contributed by atoms with Gasteiger partial charge in [-0.3, -0.25) is 5.32 Å². The summed E-state index contributed by atoms with van der Waals surface area (Å²) in [4.78, 5) is 0. The van der Waals surface area contributed by atoms with Crippen LogP contribution in [0.1, 0.15) is 17.5 Å². The van der Waals surface area contributed by atoms with E-state index in [2.05, 4.69) is 45.4 Å². The van der Waals surface area contributed by atoms with E-state index < -0.39 is 5.54 Å². The van der Waals surface area contributed by atoms with Gasteiger partial charge in [-0.25, -0.2) is 0 Å². The van der Waals surface area contributed by atoms with Crippen molar-refractivity contribution in [2.75, 3.05) is 6.54 Å². The summed E-state index contributed by atoms with van der Waals surface area (Å²) in [7, 11) is 0. The SMILES string of the molecule is C#CCNC1(C#N)CCc2cc(Br)ccc2C1. The summed E-state index contributed by atoms with van der Waals surface area (Å²) >= 11 is 3.47. The average Bonchev–Trinajstić information content (AvgIpc) is 2.36. The molecule has 86 valence electrons. The number of benzene rings is 1. The molecule has 0 saturated carbocycles. The quantitative estimate of drug-likeness (QED) is 0.849. The summed E-state index contributed by atoms with van der Waals surface area (Å²) in [5.74, 6) is 2.54. The van der Waals surface area contributed by atoms with Crippen LogP contribution in [0.3, 0.4) is 0 Å². The first kappa shape index (κ1) is 12.2. The molecular formula is C14H13BrN2. The number of nitrogens with zero attached hydrogens (tertiary/aromatic N) is 1. The predicted octanol–water partition coefficient (Wildman–Crippen LogP) is 2.42. The highest BCUT2D eigenvalue weighted by Crippen LogP contribution is 2.30. The van der Waals surface area contributed by atoms with Crippen LogP contribution in [-0.2, 0) is 12.8 Å². The van der Waals surface area contributed by atoms with Gasteiger partial charge in [0, 0.05) is 10.9 Å². The number of terminal acetylenes is 1. The van der Waals surface area contributed by atoms with Crippen LogP contribution in [0.25, 0.3) is 0 Å². The third-order valence-corrected chi connectivity index (χ3v) is 3.72. The number of fused-ring (bicyclic) bond motifs is 1. The van der Waals surface area contributed by atoms with Crippen LogP contribution in [0.2, 0.25) is 0 Å². The summed E-state index contributed by atoms with van der Waals surface area (Å²) in [5.41, 5.74) is 2.07. The molecule has 0 radical (unpaired) electrons. The summed E-state index contributed by atoms with van der Waals surface area (Å²) in [6.45, 7) is 0.444. The van der Waals surface area contributed by atoms with Gasteiger partial charge in [-0.2, -0.15) is 5.26 Å². The molecule has 0 bridgehead atoms. The van der Waals surface area contributed by atoms with Gasteiger partial charge in [0.05, 0.1) is 12.6 Å². The second-order valence-corrected chi connectivity index (χ2v) is 5.26. The van der Waals surface area contributed by atoms with Crippen molar-refractivity contribution >= 4 is 15.9 Å². The lowest BCUT2D eigenvalue weighted by Crippen LogP contribution is -2.48. The molecule has 0 saturated heterocycles. The van der Waals surface area contributed by atoms with E-state index in [0.29, 0.717) is 6.54 Å². The minimum Gasteiger partial charge on any atom is -0.288 e. The van der Waals surface area contributed by atoms with E-state index in [0.717, 1.165) is 23.7 Å². The Kier molecular flexibility index (Phi) is 3.52. The average molecular weight is 289 g/mol. The van der Waals surface area contributed by atoms with E-state index in [9.17, 15) is 5.26 Å². The molecule has 1 aliphatic rings. The molecule has 1 atom stereocenters. The minimum atomic E-state index is -0.493. The Bertz CT molecular complexity index is 510. The van der Waals surface area contributed by atoms with Crippen LogP contribution in [-0.4, -0.2) is 12.1 Å². The summed E-state index contributed by atoms with van der Waals surface area (Å²) in [6, 6.07) is 8.63. The molecule has 0 aliphatic heterocycles. The lowest BCUT2D eigenvalue weighted by Gasteiger charge is -2.32. The molecule has 0 spiro atoms. The zero-order valence-electron chi connectivity index (χ0n) is 9.46. The Hall–Kier alpha value is -1.29. The first-order valence-corrected chi connectivity index (χ1v) is 6.35. The van der Waals surface area contributed by atoms with E-state index in [-0.39, 0.29) is 0 Å². The number of hydrogen-bond donors (Lipinski definition) is 1. The third kappa shape index (κ3) is 2.52. The second-order valence-electron chi connectivity index (χ2n) is 4.34. The number of rotatable bonds is 2. The highest BCUT2D eigenvalue weighted by atomic mass is 79.9. The largest absolute Gasteiger partial charge is 0.288 e. The van der Waals surface area contributed by atoms with E-state index in [1.807, 2.05) is 6.07 Å². The van der Waals surface area contributed by atoms with Crippen LogP contribution in [0.15, 0.2) is 22.7 Å². The van der Waals surface area contributed by atoms with Crippen LogP contribution in [0, 0.1) is 23.7 Å². The smallest absolute Gasteiger partial charge is 0.111 e. The van der Waals surface area contributed by atoms with Crippen LogP contribution in [0.5, 0.6) is 0 Å². The van der Waals surface area contributed by atoms with Gasteiger partial charge in [0.2, 0.25) is 0 Å². The van der Waals surface area contributed by atoms with Gasteiger partial charge in [0.25, 0.3) is 0 Å². The van der Waals surface area contributed by atoms with Crippen molar-refractivity contribution < 1.29 is 0 Å². The number of nitrogens with one attached hydrogen (secondary N) is 1. The Labute approximate surface area is 110 Å². The van der Waals surface area contributed by atoms with Gasteiger partial charge >= 0.3 is 0 Å². The summed E-state index contributed by atoms with van der Waals surface area (Å²) in [6.07, 6.45) is 7.71. The molecule has 2 rings (SSSR count). The van der Waals surface area contributed by atoms with E-state index in [4.69, 9.17) is 6.42 Å². The predicted molar refractivity (Wildman–Crippen MR) is 71.3 cm³/mol. The Balaban J connectivity index is 2.25. The molecule has 0 aromatic heterocycles. The minimum absolute atomic E-state index is 0.444. The number of aryl methyl sites for hydroxylation is 1. The molecule has 1 N–H and O–H groups in total. The van der Waals surface area contributed by atoms with Crippen LogP contribution >= 0.6 is 15.9 Å². The van der Waals surface area contributed by atoms with Crippen molar-refractivity contribution in [3.8, 4) is 18.4 Å². The van der Waals surface area contributed by atoms with E-state index in [1.54, 1.807) is 0 Å². The number of hydrogen-bond acceptors (Lipinski definition) is 2. The molecule has 1 aromatic carbocycles. The standard InChI is InChI=1S/C14H13BrN2/c1-2-7-17-14(10-16)6-5-11-8-13(15)4-3-12(11)9-14/h1,3-4,8,17H,5-7,9H2. The van der Waals surface area contributed by atoms with Gasteiger partial charge in [-0.15, -0.1) is 6.42 Å². The summed E-state index contributed by atoms with van der Waals surface area (Å²) < 4.78 is 1.09. The van der Waals surface area contributed by atoms with Crippen molar-refractivity contribution in [1.29, 1.82) is 5.26 Å². The van der Waals surface area contributed by atoms with Gasteiger partial charge < -0.3 is 0 Å². The van der Waals surface area contributed by atoms with Gasteiger partial charge in [0.15, 0.2) is 0 Å². The normalized spacial score (nSPS) is 22.3. The lowest BCUT2D eigenvalue weighted by molar-refractivity contribution is 0.383. The van der Waals surface area contributed by atoms with Crippen LogP contribution < -0.4 is 5.32 Å². The molecule has 3 heteroatoms. The van der Waals surface area contributed by atoms with Gasteiger partial charge in [-0.05, 0) is 36.1 Å². The molecule has 2 nitrogen and oxygen atoms in total. The first-order valence-electron chi connectivity index (χ1n) is 5.56. The fourth-order valence-electron chi connectivity index (χ4n) is 2.27. The maximum atomic E-state index is 9.36. The highest BCUT2D eigenvalue weighted by Gasteiger charge is 2.33. The molecule has 1 unspecified atom stereocenters. The molecule has 0 fully saturated rings. The van der Waals surface area contributed by atoms with Crippen molar-refractivity contribution in [2.24, 2.45) is 0 Å². The van der Waals surface area contributed by atoms with E-state index in [1.165, 1.54) is 11.1 Å². The Morgan fingerprint density at radius 3 is 3.00 bits per heavy atom. The van der Waals surface area contributed by atoms with Crippen LogP contribution in [0.4, 0.5) is 0 Å². The van der Waals surface area contributed by atoms with Gasteiger partial charge in [0.1, 0.15) is 5.54 Å². The van der Waals surface area contributed by atoms with Crippen molar-refractivity contribution in [2.45, 2.75) is 24.8 Å². The molecular weight excluding hydrogens is 276 g/mol. The van der Waals surface area contributed by atoms with Gasteiger partial charge in [-0.1, -0.05) is 27.9 Å². The monoisotopic (exact) mass is 288 g/mol. The fraction of sp³-hybridized carbons (Fsp3) is 0.357. The van der Waals surface area contributed by atoms with Crippen molar-refractivity contribution in [3.63, 3.8) is 0 Å². The topological polar surface area (TPSA) is 35.8 Å². The maximum Gasteiger partial charge on any atom is 0.111 e. The second kappa shape index (κ2) is 4.92. The first-order chi connectivity index (χ1) is 8.19. The molecule has 1 aromatic rings. The Morgan fingerprint density at radius 2 is 2.29 bits per heavy atom. The van der Waals surface area contributed by atoms with E-state index >= 15 is 0 Å². The third-order valence-electron chi connectivity index (χ3n) is 3.22. The molecule has 0 amide bonds. The molecule has 0 heterocycles. The lowest BCUT2D eigenvalue weighted by atomic mass is 9.79. The zero-order valence-corrected chi connectivity index (χ0v) is 11.0. The maximum absolute atomic E-state index is 9.36. The Morgan fingerprint density at radius 1 is 1.47 bits per heavy atom. The molecule has 17 heavy (non-hydrogen) atoms. The zero-order chi connectivity index (χ0) is 12.3. The number of halogens is 1. The fourth-order valence-corrected chi connectivity index (χ4v) is 2.68. The summed E-state index contributed by atoms with van der Waals surface area (Å²) in [5, 5.41) is 12.5. The molecule has 1 aliphatic carbocycles. The van der Waals surface area contributed by atoms with Crippen molar-refractivity contribution in [1.82, 2.24) is 5.32 Å². The number of nitriles is 1. The van der Waals surface area contributed by atoms with Crippen molar-refractivity contribution in [3.05, 3.63) is 33.8 Å². The highest BCUT2D eigenvalue weighted by molar-refractivity contribution is 9.10.